The molecule has 0 aliphatic heterocycles. The van der Waals surface area contributed by atoms with Crippen LogP contribution in [-0.4, -0.2) is 53.4 Å². The maximum absolute atomic E-state index is 11.6. The molecule has 0 saturated carbocycles. The summed E-state index contributed by atoms with van der Waals surface area (Å²) in [5.74, 6) is -0.0321. The van der Waals surface area contributed by atoms with E-state index >= 15 is 0 Å². The molecule has 0 aliphatic carbocycles. The molecule has 0 unspecified atom stereocenters. The highest BCUT2D eigenvalue weighted by Gasteiger charge is 2.08. The summed E-state index contributed by atoms with van der Waals surface area (Å²) in [6, 6.07) is 0. The zero-order valence-corrected chi connectivity index (χ0v) is 10.0. The molecule has 0 saturated heterocycles. The minimum Gasteiger partial charge on any atom is -0.374 e. The lowest BCUT2D eigenvalue weighted by molar-refractivity contribution is 0.0199. The van der Waals surface area contributed by atoms with Gasteiger partial charge >= 0.3 is 0 Å². The number of rotatable bonds is 10. The molecular weight excluding hydrogens is 242 g/mol. The van der Waals surface area contributed by atoms with Crippen LogP contribution in [0.3, 0.4) is 0 Å². The first-order valence-electron chi connectivity index (χ1n) is 5.02. The fraction of sp³-hybridized carbons (Fsp3) is 1.00. The second kappa shape index (κ2) is 8.80. The molecule has 0 aromatic carbocycles. The number of ether oxygens (including phenoxy) is 1. The zero-order chi connectivity index (χ0) is 12.4. The van der Waals surface area contributed by atoms with Crippen LogP contribution in [0.15, 0.2) is 0 Å². The maximum atomic E-state index is 11.6. The maximum Gasteiger partial charge on any atom is 0.261 e. The molecule has 0 spiro atoms. The van der Waals surface area contributed by atoms with Crippen LogP contribution in [0.5, 0.6) is 0 Å². The van der Waals surface area contributed by atoms with Gasteiger partial charge in [0.2, 0.25) is 10.0 Å². The van der Waals surface area contributed by atoms with Crippen molar-refractivity contribution >= 4 is 10.0 Å². The minimum absolute atomic E-state index is 0.0151. The molecule has 8 heteroatoms. The van der Waals surface area contributed by atoms with Crippen LogP contribution in [-0.2, 0) is 14.8 Å². The smallest absolute Gasteiger partial charge is 0.261 e. The third kappa shape index (κ3) is 10.2. The van der Waals surface area contributed by atoms with Gasteiger partial charge in [-0.1, -0.05) is 6.92 Å². The number of alkyl halides is 2. The van der Waals surface area contributed by atoms with Crippen molar-refractivity contribution in [2.24, 2.45) is 0 Å². The van der Waals surface area contributed by atoms with E-state index in [0.29, 0.717) is 13.1 Å². The first-order chi connectivity index (χ1) is 7.48. The van der Waals surface area contributed by atoms with Crippen molar-refractivity contribution < 1.29 is 21.9 Å². The van der Waals surface area contributed by atoms with Crippen molar-refractivity contribution in [3.8, 4) is 0 Å². The van der Waals surface area contributed by atoms with Crippen molar-refractivity contribution in [1.29, 1.82) is 0 Å². The largest absolute Gasteiger partial charge is 0.374 e. The second-order valence-electron chi connectivity index (χ2n) is 3.03. The van der Waals surface area contributed by atoms with Gasteiger partial charge in [0.05, 0.1) is 12.4 Å². The predicted molar refractivity (Wildman–Crippen MR) is 57.2 cm³/mol. The van der Waals surface area contributed by atoms with E-state index in [-0.39, 0.29) is 18.9 Å². The molecule has 0 rings (SSSR count). The van der Waals surface area contributed by atoms with E-state index in [2.05, 4.69) is 14.8 Å². The molecule has 0 aromatic heterocycles. The van der Waals surface area contributed by atoms with Gasteiger partial charge in [0.1, 0.15) is 6.61 Å². The molecule has 0 bridgehead atoms. The van der Waals surface area contributed by atoms with Crippen LogP contribution in [0.25, 0.3) is 0 Å². The van der Waals surface area contributed by atoms with Crippen molar-refractivity contribution in [2.75, 3.05) is 38.6 Å². The van der Waals surface area contributed by atoms with Crippen LogP contribution in [0.4, 0.5) is 8.78 Å². The van der Waals surface area contributed by atoms with Gasteiger partial charge in [0.15, 0.2) is 0 Å². The zero-order valence-electron chi connectivity index (χ0n) is 9.21. The first-order valence-corrected chi connectivity index (χ1v) is 6.67. The molecule has 0 amide bonds. The highest BCUT2D eigenvalue weighted by molar-refractivity contribution is 7.89. The highest BCUT2D eigenvalue weighted by atomic mass is 32.2. The van der Waals surface area contributed by atoms with E-state index in [1.807, 2.05) is 6.92 Å². The molecule has 0 aromatic rings. The highest BCUT2D eigenvalue weighted by Crippen LogP contribution is 1.91. The monoisotopic (exact) mass is 260 g/mol. The summed E-state index contributed by atoms with van der Waals surface area (Å²) in [4.78, 5) is 0. The molecule has 0 radical (unpaired) electrons. The van der Waals surface area contributed by atoms with Gasteiger partial charge in [0, 0.05) is 13.1 Å². The van der Waals surface area contributed by atoms with E-state index in [4.69, 9.17) is 0 Å². The third-order valence-corrected chi connectivity index (χ3v) is 3.00. The van der Waals surface area contributed by atoms with Crippen LogP contribution in [0.2, 0.25) is 0 Å². The topological polar surface area (TPSA) is 67.4 Å². The number of halogens is 2. The lowest BCUT2D eigenvalue weighted by atomic mass is 10.7. The Morgan fingerprint density at radius 1 is 1.31 bits per heavy atom. The molecule has 16 heavy (non-hydrogen) atoms. The standard InChI is InChI=1S/C8H18F2N2O3S/c1-2-11-4-6-16(13,14)12-3-5-15-7-8(9)10/h8,11-12H,2-7H2,1H3. The number of hydrogen-bond donors (Lipinski definition) is 2. The van der Waals surface area contributed by atoms with Gasteiger partial charge in [-0.05, 0) is 6.54 Å². The molecule has 0 heterocycles. The van der Waals surface area contributed by atoms with Gasteiger partial charge in [-0.15, -0.1) is 0 Å². The fourth-order valence-corrected chi connectivity index (χ4v) is 1.85. The average Bonchev–Trinajstić information content (AvgIpc) is 2.16. The van der Waals surface area contributed by atoms with Crippen molar-refractivity contribution in [3.63, 3.8) is 0 Å². The van der Waals surface area contributed by atoms with Crippen LogP contribution in [0.1, 0.15) is 6.92 Å². The number of sulfonamides is 1. The van der Waals surface area contributed by atoms with E-state index in [1.165, 1.54) is 0 Å². The molecule has 2 N–H and O–H groups in total. The summed E-state index contributed by atoms with van der Waals surface area (Å²) in [6.45, 7) is 2.24. The van der Waals surface area contributed by atoms with E-state index in [9.17, 15) is 17.2 Å². The Morgan fingerprint density at radius 2 is 2.00 bits per heavy atom. The van der Waals surface area contributed by atoms with Crippen LogP contribution in [0, 0.1) is 0 Å². The van der Waals surface area contributed by atoms with Gasteiger partial charge in [0.25, 0.3) is 6.43 Å². The minimum atomic E-state index is -3.33. The SMILES string of the molecule is CCNCCS(=O)(=O)NCCOCC(F)F. The quantitative estimate of drug-likeness (QED) is 0.534. The number of nitrogens with one attached hydrogen (secondary N) is 2. The predicted octanol–water partition coefficient (Wildman–Crippen LogP) is -0.203. The van der Waals surface area contributed by atoms with Crippen LogP contribution < -0.4 is 10.0 Å². The van der Waals surface area contributed by atoms with Gasteiger partial charge in [-0.25, -0.2) is 21.9 Å². The molecule has 0 fully saturated rings. The summed E-state index contributed by atoms with van der Waals surface area (Å²) >= 11 is 0. The Bertz CT molecular complexity index is 260. The van der Waals surface area contributed by atoms with Crippen LogP contribution >= 0.6 is 0 Å². The Labute approximate surface area is 94.6 Å². The Balaban J connectivity index is 3.51. The number of hydrogen-bond acceptors (Lipinski definition) is 4. The molecule has 0 atom stereocenters. The van der Waals surface area contributed by atoms with Gasteiger partial charge in [-0.2, -0.15) is 0 Å². The lowest BCUT2D eigenvalue weighted by Crippen LogP contribution is -2.34. The Hall–Kier alpha value is -0.310. The van der Waals surface area contributed by atoms with E-state index in [0.717, 1.165) is 0 Å². The van der Waals surface area contributed by atoms with E-state index in [1.54, 1.807) is 0 Å². The Kier molecular flexibility index (Phi) is 8.63. The summed E-state index contributed by atoms with van der Waals surface area (Å²) in [7, 11) is -3.33. The summed E-state index contributed by atoms with van der Waals surface area (Å²) in [5.41, 5.74) is 0. The third-order valence-electron chi connectivity index (χ3n) is 1.61. The first kappa shape index (κ1) is 15.7. The Morgan fingerprint density at radius 3 is 2.56 bits per heavy atom. The lowest BCUT2D eigenvalue weighted by Gasteiger charge is -2.07. The summed E-state index contributed by atoms with van der Waals surface area (Å²) in [5, 5.41) is 2.87. The van der Waals surface area contributed by atoms with Gasteiger partial charge in [-0.3, -0.25) is 0 Å². The summed E-state index contributed by atoms with van der Waals surface area (Å²) in [6.07, 6.45) is -2.52. The average molecular weight is 260 g/mol. The molecule has 98 valence electrons. The summed E-state index contributed by atoms with van der Waals surface area (Å²) < 4.78 is 52.5. The fourth-order valence-electron chi connectivity index (χ4n) is 0.897. The van der Waals surface area contributed by atoms with Crippen molar-refractivity contribution in [1.82, 2.24) is 10.0 Å². The molecular formula is C8H18F2N2O3S. The van der Waals surface area contributed by atoms with Crippen molar-refractivity contribution in [3.05, 3.63) is 0 Å². The van der Waals surface area contributed by atoms with E-state index < -0.39 is 23.1 Å². The van der Waals surface area contributed by atoms with Gasteiger partial charge < -0.3 is 10.1 Å². The normalized spacial score (nSPS) is 12.2. The second-order valence-corrected chi connectivity index (χ2v) is 4.96. The molecule has 5 nitrogen and oxygen atoms in total. The molecule has 0 aliphatic rings. The van der Waals surface area contributed by atoms with Crippen molar-refractivity contribution in [2.45, 2.75) is 13.3 Å².